The van der Waals surface area contributed by atoms with E-state index in [1.54, 1.807) is 0 Å². The normalized spacial score (nSPS) is 10.2. The van der Waals surface area contributed by atoms with Crippen molar-refractivity contribution in [3.63, 3.8) is 0 Å². The van der Waals surface area contributed by atoms with Gasteiger partial charge < -0.3 is 15.8 Å². The molecule has 0 saturated heterocycles. The number of carbonyl (C=O) groups is 1. The fourth-order valence-electron chi connectivity index (χ4n) is 1.44. The van der Waals surface area contributed by atoms with Gasteiger partial charge in [0.15, 0.2) is 0 Å². The first-order valence-corrected chi connectivity index (χ1v) is 5.74. The number of primary amides is 1. The number of unbranched alkanes of at least 4 members (excludes halogenated alkanes) is 1. The van der Waals surface area contributed by atoms with Crippen molar-refractivity contribution in [1.82, 2.24) is 10.3 Å². The van der Waals surface area contributed by atoms with E-state index in [1.807, 2.05) is 25.1 Å². The number of aryl methyl sites for hydroxylation is 1. The number of ether oxygens (including phenoxy) is 1. The highest BCUT2D eigenvalue weighted by atomic mass is 16.5. The van der Waals surface area contributed by atoms with Crippen molar-refractivity contribution in [2.45, 2.75) is 26.3 Å². The van der Waals surface area contributed by atoms with Crippen LogP contribution in [0.25, 0.3) is 0 Å². The number of nitrogens with two attached hydrogens (primary N) is 1. The third kappa shape index (κ3) is 6.52. The number of hydrogen-bond acceptors (Lipinski definition) is 4. The van der Waals surface area contributed by atoms with Gasteiger partial charge >= 0.3 is 6.09 Å². The van der Waals surface area contributed by atoms with Crippen LogP contribution in [0, 0.1) is 6.92 Å². The summed E-state index contributed by atoms with van der Waals surface area (Å²) < 4.78 is 4.62. The lowest BCUT2D eigenvalue weighted by atomic mass is 10.3. The summed E-state index contributed by atoms with van der Waals surface area (Å²) in [5.74, 6) is 0. The van der Waals surface area contributed by atoms with Crippen LogP contribution in [0.4, 0.5) is 4.79 Å². The molecule has 0 aliphatic rings. The highest BCUT2D eigenvalue weighted by Gasteiger charge is 1.96. The van der Waals surface area contributed by atoms with Crippen molar-refractivity contribution in [3.05, 3.63) is 29.6 Å². The van der Waals surface area contributed by atoms with E-state index in [9.17, 15) is 4.79 Å². The van der Waals surface area contributed by atoms with Crippen molar-refractivity contribution >= 4 is 6.09 Å². The van der Waals surface area contributed by atoms with Crippen LogP contribution in [0.5, 0.6) is 0 Å². The second-order valence-electron chi connectivity index (χ2n) is 3.82. The molecule has 0 unspecified atom stereocenters. The standard InChI is InChI=1S/C12H19N3O2/c1-10-5-4-6-11(15-10)9-14-7-2-3-8-17-12(13)16/h4-6,14H,2-3,7-9H2,1H3,(H2,13,16). The summed E-state index contributed by atoms with van der Waals surface area (Å²) in [6, 6.07) is 5.97. The van der Waals surface area contributed by atoms with Gasteiger partial charge in [0, 0.05) is 12.2 Å². The first kappa shape index (κ1) is 13.4. The molecule has 0 aliphatic heterocycles. The van der Waals surface area contributed by atoms with Gasteiger partial charge in [-0.05, 0) is 38.4 Å². The second-order valence-corrected chi connectivity index (χ2v) is 3.82. The Morgan fingerprint density at radius 3 is 3.00 bits per heavy atom. The van der Waals surface area contributed by atoms with E-state index >= 15 is 0 Å². The molecule has 0 atom stereocenters. The van der Waals surface area contributed by atoms with E-state index in [2.05, 4.69) is 15.0 Å². The maximum Gasteiger partial charge on any atom is 0.404 e. The maximum absolute atomic E-state index is 10.3. The van der Waals surface area contributed by atoms with Crippen molar-refractivity contribution in [2.24, 2.45) is 5.73 Å². The molecule has 1 aromatic rings. The molecule has 94 valence electrons. The Labute approximate surface area is 101 Å². The quantitative estimate of drug-likeness (QED) is 0.702. The van der Waals surface area contributed by atoms with Crippen LogP contribution in [-0.2, 0) is 11.3 Å². The molecule has 1 rings (SSSR count). The predicted octanol–water partition coefficient (Wildman–Crippen LogP) is 1.36. The maximum atomic E-state index is 10.3. The van der Waals surface area contributed by atoms with Gasteiger partial charge in [-0.2, -0.15) is 0 Å². The first-order valence-electron chi connectivity index (χ1n) is 5.74. The Hall–Kier alpha value is -1.62. The molecule has 5 nitrogen and oxygen atoms in total. The van der Waals surface area contributed by atoms with Crippen LogP contribution in [-0.4, -0.2) is 24.2 Å². The average molecular weight is 237 g/mol. The van der Waals surface area contributed by atoms with Gasteiger partial charge in [0.1, 0.15) is 0 Å². The largest absolute Gasteiger partial charge is 0.450 e. The predicted molar refractivity (Wildman–Crippen MR) is 65.5 cm³/mol. The Bertz CT molecular complexity index is 355. The molecule has 3 N–H and O–H groups in total. The highest BCUT2D eigenvalue weighted by Crippen LogP contribution is 1.97. The lowest BCUT2D eigenvalue weighted by Gasteiger charge is -2.05. The summed E-state index contributed by atoms with van der Waals surface area (Å²) in [7, 11) is 0. The van der Waals surface area contributed by atoms with E-state index in [4.69, 9.17) is 5.73 Å². The van der Waals surface area contributed by atoms with Gasteiger partial charge in [-0.15, -0.1) is 0 Å². The van der Waals surface area contributed by atoms with E-state index in [1.165, 1.54) is 0 Å². The summed E-state index contributed by atoms with van der Waals surface area (Å²) in [6.07, 6.45) is 1.05. The Kier molecular flexibility index (Phi) is 6.03. The minimum absolute atomic E-state index is 0.389. The molecule has 1 amide bonds. The molecular formula is C12H19N3O2. The first-order chi connectivity index (χ1) is 8.18. The SMILES string of the molecule is Cc1cccc(CNCCCCOC(N)=O)n1. The van der Waals surface area contributed by atoms with Crippen LogP contribution in [0.3, 0.4) is 0 Å². The summed E-state index contributed by atoms with van der Waals surface area (Å²) in [5, 5.41) is 3.28. The second kappa shape index (κ2) is 7.62. The fourth-order valence-corrected chi connectivity index (χ4v) is 1.44. The van der Waals surface area contributed by atoms with E-state index in [-0.39, 0.29) is 0 Å². The number of carbonyl (C=O) groups excluding carboxylic acids is 1. The van der Waals surface area contributed by atoms with Gasteiger partial charge in [-0.1, -0.05) is 6.07 Å². The molecule has 17 heavy (non-hydrogen) atoms. The molecular weight excluding hydrogens is 218 g/mol. The summed E-state index contributed by atoms with van der Waals surface area (Å²) in [6.45, 7) is 4.00. The molecule has 5 heteroatoms. The number of rotatable bonds is 7. The molecule has 0 aliphatic carbocycles. The minimum Gasteiger partial charge on any atom is -0.450 e. The molecule has 0 bridgehead atoms. The van der Waals surface area contributed by atoms with Gasteiger partial charge in [-0.25, -0.2) is 4.79 Å². The topological polar surface area (TPSA) is 77.2 Å². The minimum atomic E-state index is -0.707. The summed E-state index contributed by atoms with van der Waals surface area (Å²) >= 11 is 0. The summed E-state index contributed by atoms with van der Waals surface area (Å²) in [5.41, 5.74) is 6.91. The van der Waals surface area contributed by atoms with Gasteiger partial charge in [-0.3, -0.25) is 4.98 Å². The van der Waals surface area contributed by atoms with Crippen molar-refractivity contribution in [1.29, 1.82) is 0 Å². The average Bonchev–Trinajstić information content (AvgIpc) is 2.27. The van der Waals surface area contributed by atoms with E-state index in [0.717, 1.165) is 37.3 Å². The summed E-state index contributed by atoms with van der Waals surface area (Å²) in [4.78, 5) is 14.7. The highest BCUT2D eigenvalue weighted by molar-refractivity contribution is 5.64. The molecule has 0 aromatic carbocycles. The number of nitrogens with zero attached hydrogens (tertiary/aromatic N) is 1. The van der Waals surface area contributed by atoms with Crippen molar-refractivity contribution in [2.75, 3.05) is 13.2 Å². The molecule has 1 heterocycles. The Balaban J connectivity index is 2.03. The number of pyridine rings is 1. The van der Waals surface area contributed by atoms with Crippen molar-refractivity contribution < 1.29 is 9.53 Å². The van der Waals surface area contributed by atoms with Crippen LogP contribution >= 0.6 is 0 Å². The Morgan fingerprint density at radius 2 is 2.29 bits per heavy atom. The van der Waals surface area contributed by atoms with E-state index in [0.29, 0.717) is 6.61 Å². The van der Waals surface area contributed by atoms with E-state index < -0.39 is 6.09 Å². The number of amides is 1. The monoisotopic (exact) mass is 237 g/mol. The zero-order chi connectivity index (χ0) is 12.5. The molecule has 0 radical (unpaired) electrons. The molecule has 0 fully saturated rings. The zero-order valence-electron chi connectivity index (χ0n) is 10.1. The van der Waals surface area contributed by atoms with Crippen molar-refractivity contribution in [3.8, 4) is 0 Å². The van der Waals surface area contributed by atoms with Crippen LogP contribution < -0.4 is 11.1 Å². The lowest BCUT2D eigenvalue weighted by molar-refractivity contribution is 0.154. The third-order valence-corrected chi connectivity index (χ3v) is 2.24. The van der Waals surface area contributed by atoms with Gasteiger partial charge in [0.2, 0.25) is 0 Å². The number of hydrogen-bond donors (Lipinski definition) is 2. The van der Waals surface area contributed by atoms with Crippen LogP contribution in [0.1, 0.15) is 24.2 Å². The number of nitrogens with one attached hydrogen (secondary N) is 1. The van der Waals surface area contributed by atoms with Crippen LogP contribution in [0.15, 0.2) is 18.2 Å². The smallest absolute Gasteiger partial charge is 0.404 e. The lowest BCUT2D eigenvalue weighted by Crippen LogP contribution is -2.17. The Morgan fingerprint density at radius 1 is 1.47 bits per heavy atom. The molecule has 1 aromatic heterocycles. The fraction of sp³-hybridized carbons (Fsp3) is 0.500. The number of aromatic nitrogens is 1. The third-order valence-electron chi connectivity index (χ3n) is 2.24. The van der Waals surface area contributed by atoms with Gasteiger partial charge in [0.05, 0.1) is 12.3 Å². The molecule has 0 saturated carbocycles. The van der Waals surface area contributed by atoms with Crippen LogP contribution in [0.2, 0.25) is 0 Å². The zero-order valence-corrected chi connectivity index (χ0v) is 10.1. The van der Waals surface area contributed by atoms with Gasteiger partial charge in [0.25, 0.3) is 0 Å². The molecule has 0 spiro atoms.